The standard InChI is InChI=1S/C11H14N4/c1-9-2-4-11(5-3-9)15-7-10(6-14-12)13-8-15/h2-5,7-8,14H,6,12H2,1H3. The molecule has 0 aliphatic heterocycles. The summed E-state index contributed by atoms with van der Waals surface area (Å²) in [6.07, 6.45) is 3.75. The van der Waals surface area contributed by atoms with Crippen LogP contribution in [0.25, 0.3) is 5.69 Å². The molecule has 0 aliphatic carbocycles. The third kappa shape index (κ3) is 2.23. The number of rotatable bonds is 3. The van der Waals surface area contributed by atoms with Gasteiger partial charge in [0.25, 0.3) is 0 Å². The monoisotopic (exact) mass is 202 g/mol. The van der Waals surface area contributed by atoms with Gasteiger partial charge in [-0.15, -0.1) is 0 Å². The van der Waals surface area contributed by atoms with E-state index in [9.17, 15) is 0 Å². The summed E-state index contributed by atoms with van der Waals surface area (Å²) in [7, 11) is 0. The molecule has 4 nitrogen and oxygen atoms in total. The molecule has 4 heteroatoms. The van der Waals surface area contributed by atoms with E-state index < -0.39 is 0 Å². The SMILES string of the molecule is Cc1ccc(-n2cnc(CNN)c2)cc1. The Bertz CT molecular complexity index is 430. The van der Waals surface area contributed by atoms with Gasteiger partial charge in [0.05, 0.1) is 18.6 Å². The van der Waals surface area contributed by atoms with Crippen LogP contribution in [-0.2, 0) is 6.54 Å². The van der Waals surface area contributed by atoms with Gasteiger partial charge in [0, 0.05) is 11.9 Å². The molecule has 0 radical (unpaired) electrons. The lowest BCUT2D eigenvalue weighted by Crippen LogP contribution is -2.20. The maximum Gasteiger partial charge on any atom is 0.0995 e. The first-order chi connectivity index (χ1) is 7.29. The summed E-state index contributed by atoms with van der Waals surface area (Å²) in [5, 5.41) is 0. The Morgan fingerprint density at radius 1 is 1.33 bits per heavy atom. The van der Waals surface area contributed by atoms with E-state index in [1.54, 1.807) is 6.33 Å². The second kappa shape index (κ2) is 4.25. The number of aromatic nitrogens is 2. The second-order valence-corrected chi connectivity index (χ2v) is 3.49. The van der Waals surface area contributed by atoms with Crippen molar-refractivity contribution >= 4 is 0 Å². The van der Waals surface area contributed by atoms with Crippen molar-refractivity contribution in [1.82, 2.24) is 15.0 Å². The molecule has 1 heterocycles. The minimum Gasteiger partial charge on any atom is -0.306 e. The van der Waals surface area contributed by atoms with Crippen LogP contribution in [0.3, 0.4) is 0 Å². The van der Waals surface area contributed by atoms with Gasteiger partial charge in [-0.25, -0.2) is 4.98 Å². The molecule has 0 bridgehead atoms. The number of nitrogens with one attached hydrogen (secondary N) is 1. The minimum atomic E-state index is 0.582. The lowest BCUT2D eigenvalue weighted by Gasteiger charge is -2.01. The summed E-state index contributed by atoms with van der Waals surface area (Å²) in [6, 6.07) is 8.29. The van der Waals surface area contributed by atoms with Gasteiger partial charge in [-0.2, -0.15) is 0 Å². The van der Waals surface area contributed by atoms with E-state index in [1.807, 2.05) is 10.8 Å². The molecule has 78 valence electrons. The van der Waals surface area contributed by atoms with Crippen LogP contribution in [0.5, 0.6) is 0 Å². The molecule has 0 saturated heterocycles. The van der Waals surface area contributed by atoms with Crippen LogP contribution < -0.4 is 11.3 Å². The van der Waals surface area contributed by atoms with E-state index in [4.69, 9.17) is 5.84 Å². The lowest BCUT2D eigenvalue weighted by atomic mass is 10.2. The summed E-state index contributed by atoms with van der Waals surface area (Å²) < 4.78 is 1.98. The maximum atomic E-state index is 5.23. The van der Waals surface area contributed by atoms with Crippen LogP contribution in [0.1, 0.15) is 11.3 Å². The third-order valence-corrected chi connectivity index (χ3v) is 2.25. The molecule has 1 aromatic heterocycles. The normalized spacial score (nSPS) is 10.5. The van der Waals surface area contributed by atoms with Crippen molar-refractivity contribution in [1.29, 1.82) is 0 Å². The van der Waals surface area contributed by atoms with E-state index in [1.165, 1.54) is 5.56 Å². The highest BCUT2D eigenvalue weighted by Gasteiger charge is 1.99. The topological polar surface area (TPSA) is 55.9 Å². The van der Waals surface area contributed by atoms with E-state index in [0.29, 0.717) is 6.54 Å². The van der Waals surface area contributed by atoms with Crippen molar-refractivity contribution < 1.29 is 0 Å². The van der Waals surface area contributed by atoms with Crippen molar-refractivity contribution in [2.75, 3.05) is 0 Å². The van der Waals surface area contributed by atoms with Crippen LogP contribution in [-0.4, -0.2) is 9.55 Å². The number of imidazole rings is 1. The first-order valence-electron chi connectivity index (χ1n) is 4.83. The zero-order valence-electron chi connectivity index (χ0n) is 8.64. The van der Waals surface area contributed by atoms with Gasteiger partial charge in [0.2, 0.25) is 0 Å². The fraction of sp³-hybridized carbons (Fsp3) is 0.182. The number of nitrogens with two attached hydrogens (primary N) is 1. The van der Waals surface area contributed by atoms with Gasteiger partial charge in [0.15, 0.2) is 0 Å². The largest absolute Gasteiger partial charge is 0.306 e. The first-order valence-corrected chi connectivity index (χ1v) is 4.83. The van der Waals surface area contributed by atoms with Crippen molar-refractivity contribution in [3.63, 3.8) is 0 Å². The smallest absolute Gasteiger partial charge is 0.0995 e. The van der Waals surface area contributed by atoms with Crippen LogP contribution >= 0.6 is 0 Å². The maximum absolute atomic E-state index is 5.23. The van der Waals surface area contributed by atoms with E-state index in [0.717, 1.165) is 11.4 Å². The zero-order valence-corrected chi connectivity index (χ0v) is 8.64. The summed E-state index contributed by atoms with van der Waals surface area (Å²) in [4.78, 5) is 4.23. The molecule has 0 fully saturated rings. The molecular weight excluding hydrogens is 188 g/mol. The molecule has 15 heavy (non-hydrogen) atoms. The van der Waals surface area contributed by atoms with Crippen LogP contribution in [0.15, 0.2) is 36.8 Å². The molecule has 2 aromatic rings. The van der Waals surface area contributed by atoms with Crippen molar-refractivity contribution in [2.24, 2.45) is 5.84 Å². The second-order valence-electron chi connectivity index (χ2n) is 3.49. The average molecular weight is 202 g/mol. The highest BCUT2D eigenvalue weighted by molar-refractivity contribution is 5.34. The predicted octanol–water partition coefficient (Wildman–Crippen LogP) is 1.14. The Morgan fingerprint density at radius 2 is 2.07 bits per heavy atom. The fourth-order valence-electron chi connectivity index (χ4n) is 1.42. The fourth-order valence-corrected chi connectivity index (χ4v) is 1.42. The van der Waals surface area contributed by atoms with Crippen LogP contribution in [0.4, 0.5) is 0 Å². The van der Waals surface area contributed by atoms with Crippen LogP contribution in [0.2, 0.25) is 0 Å². The summed E-state index contributed by atoms with van der Waals surface area (Å²) in [5.41, 5.74) is 5.87. The minimum absolute atomic E-state index is 0.582. The quantitative estimate of drug-likeness (QED) is 0.579. The molecule has 0 unspecified atom stereocenters. The zero-order chi connectivity index (χ0) is 10.7. The van der Waals surface area contributed by atoms with Crippen molar-refractivity contribution in [3.05, 3.63) is 48.0 Å². The number of hydrogen-bond acceptors (Lipinski definition) is 3. The molecule has 0 saturated carbocycles. The number of aryl methyl sites for hydroxylation is 1. The van der Waals surface area contributed by atoms with Crippen LogP contribution in [0, 0.1) is 6.92 Å². The lowest BCUT2D eigenvalue weighted by molar-refractivity contribution is 0.726. The number of hydrazine groups is 1. The molecular formula is C11H14N4. The molecule has 0 aliphatic rings. The highest BCUT2D eigenvalue weighted by Crippen LogP contribution is 2.09. The Morgan fingerprint density at radius 3 is 2.73 bits per heavy atom. The van der Waals surface area contributed by atoms with E-state index in [2.05, 4.69) is 41.6 Å². The third-order valence-electron chi connectivity index (χ3n) is 2.25. The Kier molecular flexibility index (Phi) is 2.80. The summed E-state index contributed by atoms with van der Waals surface area (Å²) in [6.45, 7) is 2.65. The molecule has 0 spiro atoms. The average Bonchev–Trinajstić information content (AvgIpc) is 2.68. The first kappa shape index (κ1) is 9.89. The van der Waals surface area contributed by atoms with Crippen molar-refractivity contribution in [2.45, 2.75) is 13.5 Å². The predicted molar refractivity (Wildman–Crippen MR) is 59.3 cm³/mol. The molecule has 2 rings (SSSR count). The van der Waals surface area contributed by atoms with Gasteiger partial charge >= 0.3 is 0 Å². The molecule has 1 aromatic carbocycles. The number of nitrogens with zero attached hydrogens (tertiary/aromatic N) is 2. The van der Waals surface area contributed by atoms with E-state index in [-0.39, 0.29) is 0 Å². The Balaban J connectivity index is 2.25. The van der Waals surface area contributed by atoms with Gasteiger partial charge in [-0.3, -0.25) is 11.3 Å². The summed E-state index contributed by atoms with van der Waals surface area (Å²) >= 11 is 0. The molecule has 3 N–H and O–H groups in total. The Hall–Kier alpha value is -1.65. The van der Waals surface area contributed by atoms with Crippen molar-refractivity contribution in [3.8, 4) is 5.69 Å². The van der Waals surface area contributed by atoms with Gasteiger partial charge < -0.3 is 4.57 Å². The van der Waals surface area contributed by atoms with E-state index >= 15 is 0 Å². The molecule has 0 atom stereocenters. The molecule has 0 amide bonds. The number of benzene rings is 1. The van der Waals surface area contributed by atoms with Gasteiger partial charge in [-0.1, -0.05) is 17.7 Å². The van der Waals surface area contributed by atoms with Gasteiger partial charge in [0.1, 0.15) is 0 Å². The number of hydrogen-bond donors (Lipinski definition) is 2. The van der Waals surface area contributed by atoms with Gasteiger partial charge in [-0.05, 0) is 19.1 Å². The highest BCUT2D eigenvalue weighted by atomic mass is 15.2. The Labute approximate surface area is 88.7 Å². The summed E-state index contributed by atoms with van der Waals surface area (Å²) in [5.74, 6) is 5.23.